The number of ether oxygens (including phenoxy) is 5. The number of fused-ring (bicyclic) bond motifs is 1. The molecule has 3 aliphatic heterocycles. The number of phenolic OH excluding ortho intramolecular Hbond substituents is 4. The molecule has 12 atom stereocenters. The third kappa shape index (κ3) is 5.82. The van der Waals surface area contributed by atoms with Gasteiger partial charge in [0, 0.05) is 12.1 Å². The summed E-state index contributed by atoms with van der Waals surface area (Å²) in [6, 6.07) is 5.44. The van der Waals surface area contributed by atoms with E-state index in [4.69, 9.17) is 23.7 Å². The second-order valence-electron chi connectivity index (χ2n) is 10.6. The van der Waals surface area contributed by atoms with Crippen LogP contribution in [-0.4, -0.2) is 131 Å². The van der Waals surface area contributed by atoms with Gasteiger partial charge in [-0.15, -0.1) is 0 Å². The lowest BCUT2D eigenvalue weighted by atomic mass is 9.92. The first-order valence-electron chi connectivity index (χ1n) is 13.2. The summed E-state index contributed by atoms with van der Waals surface area (Å²) in [6.45, 7) is 0.840. The summed E-state index contributed by atoms with van der Waals surface area (Å²) in [5.74, 6) is -3.26. The lowest BCUT2D eigenvalue weighted by Crippen LogP contribution is -2.62. The molecule has 2 saturated heterocycles. The van der Waals surface area contributed by atoms with Crippen molar-refractivity contribution in [3.63, 3.8) is 0 Å². The minimum Gasteiger partial charge on any atom is -0.508 e. The third-order valence-corrected chi connectivity index (χ3v) is 7.61. The molecule has 0 aromatic heterocycles. The Kier molecular flexibility index (Phi) is 8.70. The van der Waals surface area contributed by atoms with Crippen LogP contribution in [-0.2, 0) is 18.9 Å². The summed E-state index contributed by atoms with van der Waals surface area (Å²) in [4.78, 5) is 13.6. The lowest BCUT2D eigenvalue weighted by molar-refractivity contribution is -0.333. The highest BCUT2D eigenvalue weighted by Crippen LogP contribution is 2.44. The van der Waals surface area contributed by atoms with Crippen LogP contribution in [0.2, 0.25) is 0 Å². The summed E-state index contributed by atoms with van der Waals surface area (Å²) < 4.78 is 28.1. The minimum absolute atomic E-state index is 0.0891. The van der Waals surface area contributed by atoms with Gasteiger partial charge in [0.15, 0.2) is 36.3 Å². The molecule has 10 N–H and O–H groups in total. The maximum atomic E-state index is 13.6. The van der Waals surface area contributed by atoms with Crippen molar-refractivity contribution in [2.24, 2.45) is 0 Å². The SMILES string of the molecule is C[C@@H]1O[C@@H](OC[C@H]2O[C@@H](O[C@H]3C(=O)c4c(O)cc(O)cc4O[C@@H]3c3ccc(O)c(O)c3)[C@H](O)[C@@H](O)[C@@H]2O)[C@H](O)[C@H](O)[C@H]1O. The van der Waals surface area contributed by atoms with E-state index in [-0.39, 0.29) is 16.9 Å². The topological polar surface area (TPSA) is 266 Å². The Morgan fingerprint density at radius 3 is 2.12 bits per heavy atom. The van der Waals surface area contributed by atoms with Gasteiger partial charge in [0.1, 0.15) is 65.5 Å². The van der Waals surface area contributed by atoms with Crippen LogP contribution in [0.5, 0.6) is 28.7 Å². The van der Waals surface area contributed by atoms with Crippen molar-refractivity contribution in [3.05, 3.63) is 41.5 Å². The van der Waals surface area contributed by atoms with Crippen LogP contribution in [0.3, 0.4) is 0 Å². The summed E-state index contributed by atoms with van der Waals surface area (Å²) in [6.07, 6.45) is -19.1. The van der Waals surface area contributed by atoms with E-state index >= 15 is 0 Å². The highest BCUT2D eigenvalue weighted by atomic mass is 16.7. The second-order valence-corrected chi connectivity index (χ2v) is 10.6. The van der Waals surface area contributed by atoms with Gasteiger partial charge in [-0.05, 0) is 24.6 Å². The third-order valence-electron chi connectivity index (χ3n) is 7.61. The van der Waals surface area contributed by atoms with Crippen molar-refractivity contribution in [2.45, 2.75) is 80.5 Å². The highest BCUT2D eigenvalue weighted by molar-refractivity contribution is 6.05. The molecule has 2 fully saturated rings. The molecule has 0 bridgehead atoms. The van der Waals surface area contributed by atoms with Gasteiger partial charge in [0.2, 0.25) is 5.78 Å². The first-order chi connectivity index (χ1) is 20.3. The van der Waals surface area contributed by atoms with Crippen molar-refractivity contribution in [3.8, 4) is 28.7 Å². The molecule has 0 amide bonds. The molecule has 5 rings (SSSR count). The van der Waals surface area contributed by atoms with E-state index in [1.807, 2.05) is 0 Å². The number of aliphatic hydroxyl groups excluding tert-OH is 6. The molecule has 3 heterocycles. The Bertz CT molecular complexity index is 1340. The Labute approximate surface area is 243 Å². The number of Topliss-reactive ketones (excluding diaryl/α,β-unsaturated/α-hetero) is 1. The molecule has 16 heteroatoms. The summed E-state index contributed by atoms with van der Waals surface area (Å²) in [7, 11) is 0. The molecule has 2 aromatic carbocycles. The quantitative estimate of drug-likeness (QED) is 0.156. The van der Waals surface area contributed by atoms with Gasteiger partial charge in [-0.25, -0.2) is 0 Å². The first kappa shape index (κ1) is 31.1. The van der Waals surface area contributed by atoms with Crippen molar-refractivity contribution in [1.29, 1.82) is 0 Å². The van der Waals surface area contributed by atoms with Crippen molar-refractivity contribution < 1.29 is 79.5 Å². The largest absolute Gasteiger partial charge is 0.508 e. The van der Waals surface area contributed by atoms with Gasteiger partial charge < -0.3 is 74.7 Å². The molecule has 3 aliphatic rings. The molecule has 0 saturated carbocycles. The van der Waals surface area contributed by atoms with Crippen molar-refractivity contribution >= 4 is 5.78 Å². The van der Waals surface area contributed by atoms with E-state index in [1.165, 1.54) is 13.0 Å². The maximum absolute atomic E-state index is 13.6. The van der Waals surface area contributed by atoms with Gasteiger partial charge in [-0.3, -0.25) is 4.79 Å². The Hall–Kier alpha value is -3.29. The van der Waals surface area contributed by atoms with Crippen LogP contribution in [0.4, 0.5) is 0 Å². The lowest BCUT2D eigenvalue weighted by Gasteiger charge is -2.44. The second kappa shape index (κ2) is 12.0. The fourth-order valence-corrected chi connectivity index (χ4v) is 5.15. The van der Waals surface area contributed by atoms with Crippen LogP contribution in [0.1, 0.15) is 28.9 Å². The maximum Gasteiger partial charge on any atom is 0.203 e. The molecule has 0 unspecified atom stereocenters. The molecule has 43 heavy (non-hydrogen) atoms. The Balaban J connectivity index is 1.40. The Morgan fingerprint density at radius 2 is 1.42 bits per heavy atom. The van der Waals surface area contributed by atoms with E-state index < -0.39 is 109 Å². The number of benzene rings is 2. The number of rotatable bonds is 6. The molecule has 236 valence electrons. The normalized spacial score (nSPS) is 37.9. The average Bonchev–Trinajstić information content (AvgIpc) is 2.96. The Morgan fingerprint density at radius 1 is 0.744 bits per heavy atom. The van der Waals surface area contributed by atoms with Crippen LogP contribution in [0, 0.1) is 0 Å². The van der Waals surface area contributed by atoms with Crippen LogP contribution in [0.15, 0.2) is 30.3 Å². The standard InChI is InChI=1S/C27H32O16/c1-8-17(32)20(35)22(37)26(40-8)39-7-15-18(33)21(36)23(38)27(42-15)43-25-19(34)16-13(31)5-10(28)6-14(16)41-24(25)9-2-3-11(29)12(30)4-9/h2-6,8,15,17-18,20-33,35-38H,7H2,1H3/t8-,15+,17-,18+,20+,21-,22+,23+,24+,25-,26+,27-/m0/s1. The van der Waals surface area contributed by atoms with Crippen LogP contribution in [0.25, 0.3) is 0 Å². The molecular weight excluding hydrogens is 580 g/mol. The number of carbonyl (C=O) groups excluding carboxylic acids is 1. The number of hydrogen-bond acceptors (Lipinski definition) is 16. The smallest absolute Gasteiger partial charge is 0.203 e. The number of ketones is 1. The van der Waals surface area contributed by atoms with E-state index in [2.05, 4.69) is 0 Å². The van der Waals surface area contributed by atoms with Gasteiger partial charge in [0.05, 0.1) is 12.7 Å². The summed E-state index contributed by atoms with van der Waals surface area (Å²) in [5.41, 5.74) is -0.294. The monoisotopic (exact) mass is 612 g/mol. The zero-order valence-corrected chi connectivity index (χ0v) is 22.4. The molecule has 0 spiro atoms. The highest BCUT2D eigenvalue weighted by Gasteiger charge is 2.50. The molecule has 0 aliphatic carbocycles. The van der Waals surface area contributed by atoms with Crippen molar-refractivity contribution in [1.82, 2.24) is 0 Å². The van der Waals surface area contributed by atoms with Crippen molar-refractivity contribution in [2.75, 3.05) is 6.61 Å². The van der Waals surface area contributed by atoms with E-state index in [1.54, 1.807) is 0 Å². The average molecular weight is 613 g/mol. The molecule has 16 nitrogen and oxygen atoms in total. The fraction of sp³-hybridized carbons (Fsp3) is 0.519. The summed E-state index contributed by atoms with van der Waals surface area (Å²) in [5, 5.41) is 102. The number of hydrogen-bond donors (Lipinski definition) is 10. The van der Waals surface area contributed by atoms with E-state index in [9.17, 15) is 55.9 Å². The van der Waals surface area contributed by atoms with Crippen LogP contribution >= 0.6 is 0 Å². The number of aromatic hydroxyl groups is 4. The van der Waals surface area contributed by atoms with Gasteiger partial charge in [-0.2, -0.15) is 0 Å². The molecule has 2 aromatic rings. The number of carbonyl (C=O) groups is 1. The first-order valence-corrected chi connectivity index (χ1v) is 13.2. The number of phenols is 4. The minimum atomic E-state index is -1.93. The fourth-order valence-electron chi connectivity index (χ4n) is 5.15. The van der Waals surface area contributed by atoms with E-state index in [0.29, 0.717) is 0 Å². The van der Waals surface area contributed by atoms with Gasteiger partial charge >= 0.3 is 0 Å². The predicted molar refractivity (Wildman–Crippen MR) is 137 cm³/mol. The predicted octanol–water partition coefficient (Wildman–Crippen LogP) is -2.14. The molecular formula is C27H32O16. The zero-order valence-electron chi connectivity index (χ0n) is 22.4. The summed E-state index contributed by atoms with van der Waals surface area (Å²) >= 11 is 0. The van der Waals surface area contributed by atoms with Gasteiger partial charge in [0.25, 0.3) is 0 Å². The number of aliphatic hydroxyl groups is 6. The van der Waals surface area contributed by atoms with Crippen LogP contribution < -0.4 is 4.74 Å². The molecule has 0 radical (unpaired) electrons. The zero-order chi connectivity index (χ0) is 31.3. The van der Waals surface area contributed by atoms with Gasteiger partial charge in [-0.1, -0.05) is 6.07 Å². The van der Waals surface area contributed by atoms with E-state index in [0.717, 1.165) is 24.3 Å².